The number of nitrogens with one attached hydrogen (secondary N) is 1. The highest BCUT2D eigenvalue weighted by Crippen LogP contribution is 2.14. The number of thiol groups is 1. The highest BCUT2D eigenvalue weighted by Gasteiger charge is 2.10. The minimum absolute atomic E-state index is 0.264. The van der Waals surface area contributed by atoms with Gasteiger partial charge in [0.05, 0.1) is 5.69 Å². The van der Waals surface area contributed by atoms with E-state index in [1.165, 1.54) is 16.4 Å². The molecule has 0 bridgehead atoms. The van der Waals surface area contributed by atoms with Crippen molar-refractivity contribution in [2.24, 2.45) is 0 Å². The first-order chi connectivity index (χ1) is 9.66. The van der Waals surface area contributed by atoms with E-state index < -0.39 is 0 Å². The Balaban J connectivity index is 1.82. The fourth-order valence-corrected chi connectivity index (χ4v) is 1.88. The summed E-state index contributed by atoms with van der Waals surface area (Å²) in [5.41, 5.74) is 1.64. The normalized spacial score (nSPS) is 10.1. The predicted molar refractivity (Wildman–Crippen MR) is 80.2 cm³/mol. The summed E-state index contributed by atoms with van der Waals surface area (Å²) in [5.74, 6) is -0.264. The lowest BCUT2D eigenvalue weighted by Crippen LogP contribution is -2.35. The quantitative estimate of drug-likeness (QED) is 0.832. The molecule has 5 heteroatoms. The van der Waals surface area contributed by atoms with Crippen molar-refractivity contribution in [3.05, 3.63) is 66.0 Å². The molecule has 1 radical (unpaired) electrons. The van der Waals surface area contributed by atoms with Gasteiger partial charge in [0.15, 0.2) is 0 Å². The summed E-state index contributed by atoms with van der Waals surface area (Å²) in [4.78, 5) is 11.9. The number of hydrogen-bond donors (Lipinski definition) is 2. The largest absolute Gasteiger partial charge is 0.337 e. The number of urea groups is 1. The van der Waals surface area contributed by atoms with Crippen LogP contribution >= 0.6 is 12.8 Å². The average Bonchev–Trinajstić information content (AvgIpc) is 2.49. The molecule has 103 valence electrons. The van der Waals surface area contributed by atoms with Gasteiger partial charge in [0, 0.05) is 6.54 Å². The fraction of sp³-hybridized carbons (Fsp3) is 0.133. The molecule has 0 aliphatic rings. The average molecular weight is 289 g/mol. The Kier molecular flexibility index (Phi) is 5.01. The molecule has 2 aromatic rings. The number of carbonyl (C=O) groups excluding carboxylic acids is 1. The van der Waals surface area contributed by atoms with Gasteiger partial charge in [0.1, 0.15) is 5.82 Å². The molecule has 0 spiro atoms. The van der Waals surface area contributed by atoms with Crippen LogP contribution in [0.1, 0.15) is 5.56 Å². The molecule has 0 saturated heterocycles. The van der Waals surface area contributed by atoms with E-state index in [-0.39, 0.29) is 11.8 Å². The third-order valence-electron chi connectivity index (χ3n) is 2.74. The number of anilines is 1. The van der Waals surface area contributed by atoms with Gasteiger partial charge in [-0.05, 0) is 42.3 Å². The molecule has 0 fully saturated rings. The van der Waals surface area contributed by atoms with Crippen molar-refractivity contribution < 1.29 is 9.18 Å². The molecule has 0 heterocycles. The molecule has 2 amide bonds. The lowest BCUT2D eigenvalue weighted by Gasteiger charge is -2.16. The molecule has 3 nitrogen and oxygen atoms in total. The lowest BCUT2D eigenvalue weighted by molar-refractivity contribution is 0.250. The molecule has 1 N–H and O–H groups in total. The number of carbonyl (C=O) groups is 1. The Bertz CT molecular complexity index is 560. The lowest BCUT2D eigenvalue weighted by atomic mass is 10.1. The van der Waals surface area contributed by atoms with Gasteiger partial charge in [-0.15, -0.1) is 0 Å². The highest BCUT2D eigenvalue weighted by molar-refractivity contribution is 7.82. The third kappa shape index (κ3) is 3.99. The number of nitrogens with zero attached hydrogens (tertiary/aromatic N) is 1. The van der Waals surface area contributed by atoms with Crippen molar-refractivity contribution in [3.8, 4) is 0 Å². The third-order valence-corrected chi connectivity index (χ3v) is 3.15. The van der Waals surface area contributed by atoms with E-state index >= 15 is 0 Å². The zero-order chi connectivity index (χ0) is 14.4. The topological polar surface area (TPSA) is 32.3 Å². The van der Waals surface area contributed by atoms with E-state index in [0.29, 0.717) is 18.7 Å². The molecule has 2 aromatic carbocycles. The van der Waals surface area contributed by atoms with Crippen LogP contribution in [0.25, 0.3) is 0 Å². The summed E-state index contributed by atoms with van der Waals surface area (Å²) in [6, 6.07) is 15.7. The highest BCUT2D eigenvalue weighted by atomic mass is 32.1. The van der Waals surface area contributed by atoms with Crippen molar-refractivity contribution in [1.29, 1.82) is 0 Å². The van der Waals surface area contributed by atoms with Gasteiger partial charge in [-0.25, -0.2) is 13.5 Å². The van der Waals surface area contributed by atoms with Gasteiger partial charge >= 0.3 is 6.03 Å². The first-order valence-electron chi connectivity index (χ1n) is 6.14. The SMILES string of the molecule is O=C(NCCc1ccc(F)cc1)N(S)c1cc[c]cc1. The van der Waals surface area contributed by atoms with Crippen molar-refractivity contribution in [2.45, 2.75) is 6.42 Å². The van der Waals surface area contributed by atoms with Gasteiger partial charge in [-0.2, -0.15) is 0 Å². The monoisotopic (exact) mass is 289 g/mol. The van der Waals surface area contributed by atoms with Crippen LogP contribution in [0.15, 0.2) is 48.5 Å². The molecular formula is C15H14FN2OS. The van der Waals surface area contributed by atoms with Crippen LogP contribution in [0.2, 0.25) is 0 Å². The van der Waals surface area contributed by atoms with E-state index in [1.807, 2.05) is 0 Å². The van der Waals surface area contributed by atoms with Gasteiger partial charge in [-0.3, -0.25) is 0 Å². The van der Waals surface area contributed by atoms with Crippen LogP contribution in [0, 0.1) is 11.9 Å². The summed E-state index contributed by atoms with van der Waals surface area (Å²) in [7, 11) is 0. The minimum atomic E-state index is -0.304. The maximum atomic E-state index is 12.7. The van der Waals surface area contributed by atoms with Gasteiger partial charge in [0.2, 0.25) is 0 Å². The Morgan fingerprint density at radius 2 is 1.85 bits per heavy atom. The molecule has 2 rings (SSSR count). The number of benzene rings is 2. The van der Waals surface area contributed by atoms with E-state index in [1.54, 1.807) is 36.4 Å². The first-order valence-corrected chi connectivity index (χ1v) is 6.54. The predicted octanol–water partition coefficient (Wildman–Crippen LogP) is 3.23. The summed E-state index contributed by atoms with van der Waals surface area (Å²) in [5, 5.41) is 2.75. The zero-order valence-corrected chi connectivity index (χ0v) is 11.6. The number of hydrogen-bond acceptors (Lipinski definition) is 2. The summed E-state index contributed by atoms with van der Waals surface area (Å²) < 4.78 is 14.0. The second kappa shape index (κ2) is 6.96. The van der Waals surface area contributed by atoms with Crippen molar-refractivity contribution in [2.75, 3.05) is 10.8 Å². The maximum absolute atomic E-state index is 12.7. The smallest absolute Gasteiger partial charge is 0.331 e. The van der Waals surface area contributed by atoms with E-state index in [9.17, 15) is 9.18 Å². The Labute approximate surface area is 123 Å². The van der Waals surface area contributed by atoms with Gasteiger partial charge < -0.3 is 5.32 Å². The molecule has 0 aliphatic heterocycles. The summed E-state index contributed by atoms with van der Waals surface area (Å²) >= 11 is 4.15. The zero-order valence-electron chi connectivity index (χ0n) is 10.7. The molecule has 0 aliphatic carbocycles. The first kappa shape index (κ1) is 14.4. The van der Waals surface area contributed by atoms with Gasteiger partial charge in [-0.1, -0.05) is 37.1 Å². The molecule has 0 unspecified atom stereocenters. The summed E-state index contributed by atoms with van der Waals surface area (Å²) in [6.07, 6.45) is 0.635. The van der Waals surface area contributed by atoms with Crippen LogP contribution in [0.3, 0.4) is 0 Å². The van der Waals surface area contributed by atoms with Crippen LogP contribution in [-0.2, 0) is 6.42 Å². The Hall–Kier alpha value is -2.01. The Morgan fingerprint density at radius 3 is 2.50 bits per heavy atom. The standard InChI is InChI=1S/C15H14FN2OS/c16-13-8-6-12(7-9-13)10-11-17-15(19)18(20)14-4-2-1-3-5-14/h2-9,20H,10-11H2,(H,17,19). The summed E-state index contributed by atoms with van der Waals surface area (Å²) in [6.45, 7) is 0.459. The molecule has 0 aromatic heterocycles. The van der Waals surface area contributed by atoms with E-state index in [4.69, 9.17) is 0 Å². The van der Waals surface area contributed by atoms with Crippen LogP contribution in [0.4, 0.5) is 14.9 Å². The number of halogens is 1. The molecule has 0 atom stereocenters. The molecule has 0 saturated carbocycles. The Morgan fingerprint density at radius 1 is 1.20 bits per heavy atom. The van der Waals surface area contributed by atoms with Crippen LogP contribution in [-0.4, -0.2) is 12.6 Å². The van der Waals surface area contributed by atoms with Crippen molar-refractivity contribution >= 4 is 24.5 Å². The fourth-order valence-electron chi connectivity index (χ4n) is 1.68. The van der Waals surface area contributed by atoms with E-state index in [0.717, 1.165) is 5.56 Å². The second-order valence-corrected chi connectivity index (χ2v) is 4.58. The molecule has 20 heavy (non-hydrogen) atoms. The van der Waals surface area contributed by atoms with Gasteiger partial charge in [0.25, 0.3) is 0 Å². The second-order valence-electron chi connectivity index (χ2n) is 4.18. The van der Waals surface area contributed by atoms with Crippen molar-refractivity contribution in [1.82, 2.24) is 5.32 Å². The van der Waals surface area contributed by atoms with Crippen molar-refractivity contribution in [3.63, 3.8) is 0 Å². The maximum Gasteiger partial charge on any atom is 0.331 e. The number of rotatable bonds is 4. The van der Waals surface area contributed by atoms with Crippen LogP contribution in [0.5, 0.6) is 0 Å². The van der Waals surface area contributed by atoms with Crippen LogP contribution < -0.4 is 9.62 Å². The van der Waals surface area contributed by atoms with E-state index in [2.05, 4.69) is 24.2 Å². The minimum Gasteiger partial charge on any atom is -0.337 e. The molecular weight excluding hydrogens is 275 g/mol. The number of amides is 2.